The van der Waals surface area contributed by atoms with Crippen LogP contribution in [0.4, 0.5) is 0 Å². The predicted molar refractivity (Wildman–Crippen MR) is 76.6 cm³/mol. The van der Waals surface area contributed by atoms with Gasteiger partial charge < -0.3 is 14.9 Å². The molecule has 1 aromatic heterocycles. The number of aromatic hydroxyl groups is 1. The van der Waals surface area contributed by atoms with Crippen molar-refractivity contribution in [2.45, 2.75) is 26.3 Å². The lowest BCUT2D eigenvalue weighted by molar-refractivity contribution is -0.136. The molecule has 0 bridgehead atoms. The number of phenolic OH excluding ortho intramolecular Hbond substituents is 1. The van der Waals surface area contributed by atoms with Gasteiger partial charge in [0.05, 0.1) is 13.2 Å². The number of hydrogen-bond acceptors (Lipinski definition) is 4. The molecule has 0 spiro atoms. The highest BCUT2D eigenvalue weighted by Gasteiger charge is 2.12. The summed E-state index contributed by atoms with van der Waals surface area (Å²) < 4.78 is 7.16. The fourth-order valence-corrected chi connectivity index (χ4v) is 1.99. The molecule has 21 heavy (non-hydrogen) atoms. The predicted octanol–water partition coefficient (Wildman–Crippen LogP) is 2.05. The molecule has 0 aliphatic heterocycles. The molecule has 0 saturated carbocycles. The van der Waals surface area contributed by atoms with Gasteiger partial charge in [0, 0.05) is 18.2 Å². The van der Waals surface area contributed by atoms with Crippen molar-refractivity contribution in [2.75, 3.05) is 6.61 Å². The van der Waals surface area contributed by atoms with Gasteiger partial charge in [-0.25, -0.2) is 0 Å². The van der Waals surface area contributed by atoms with Gasteiger partial charge in [-0.05, 0) is 31.0 Å². The molecule has 1 heterocycles. The molecule has 0 atom stereocenters. The molecule has 0 aliphatic rings. The molecule has 0 amide bonds. The number of carboxylic acids is 1. The summed E-state index contributed by atoms with van der Waals surface area (Å²) in [6.45, 7) is 2.88. The molecule has 0 aliphatic carbocycles. The first-order valence-electron chi connectivity index (χ1n) is 6.77. The summed E-state index contributed by atoms with van der Waals surface area (Å²) >= 11 is 0. The Kier molecular flexibility index (Phi) is 4.81. The molecule has 112 valence electrons. The number of nitrogens with zero attached hydrogens (tertiary/aromatic N) is 2. The SMILES string of the molecule is CCOc1nn(Cc2ccc(O)cc2)cc1CCC(=O)O. The van der Waals surface area contributed by atoms with Crippen LogP contribution >= 0.6 is 0 Å². The number of hydrogen-bond donors (Lipinski definition) is 2. The third kappa shape index (κ3) is 4.24. The van der Waals surface area contributed by atoms with E-state index in [1.54, 1.807) is 23.0 Å². The molecule has 2 rings (SSSR count). The quantitative estimate of drug-likeness (QED) is 0.815. The number of aryl methyl sites for hydroxylation is 1. The summed E-state index contributed by atoms with van der Waals surface area (Å²) in [5.41, 5.74) is 1.78. The molecule has 0 saturated heterocycles. The van der Waals surface area contributed by atoms with Crippen LogP contribution in [0.25, 0.3) is 0 Å². The number of aromatic nitrogens is 2. The van der Waals surface area contributed by atoms with Crippen LogP contribution in [-0.4, -0.2) is 32.6 Å². The van der Waals surface area contributed by atoms with Crippen molar-refractivity contribution in [3.63, 3.8) is 0 Å². The molecular weight excluding hydrogens is 272 g/mol. The highest BCUT2D eigenvalue weighted by molar-refractivity contribution is 5.67. The van der Waals surface area contributed by atoms with Crippen LogP contribution in [0.3, 0.4) is 0 Å². The molecular formula is C15H18N2O4. The molecule has 6 heteroatoms. The summed E-state index contributed by atoms with van der Waals surface area (Å²) in [6, 6.07) is 6.86. The number of carboxylic acid groups (broad SMARTS) is 1. The van der Waals surface area contributed by atoms with Crippen molar-refractivity contribution >= 4 is 5.97 Å². The van der Waals surface area contributed by atoms with Gasteiger partial charge in [0.15, 0.2) is 0 Å². The molecule has 0 radical (unpaired) electrons. The number of ether oxygens (including phenoxy) is 1. The van der Waals surface area contributed by atoms with Crippen molar-refractivity contribution < 1.29 is 19.7 Å². The van der Waals surface area contributed by atoms with Gasteiger partial charge in [-0.2, -0.15) is 0 Å². The van der Waals surface area contributed by atoms with E-state index in [-0.39, 0.29) is 12.2 Å². The van der Waals surface area contributed by atoms with Gasteiger partial charge in [0.2, 0.25) is 5.88 Å². The van der Waals surface area contributed by atoms with Crippen LogP contribution in [-0.2, 0) is 17.8 Å². The number of aliphatic carboxylic acids is 1. The van der Waals surface area contributed by atoms with E-state index < -0.39 is 5.97 Å². The number of rotatable bonds is 7. The second-order valence-corrected chi connectivity index (χ2v) is 4.65. The number of benzene rings is 1. The first-order chi connectivity index (χ1) is 10.1. The van der Waals surface area contributed by atoms with Crippen molar-refractivity contribution in [3.8, 4) is 11.6 Å². The Morgan fingerprint density at radius 3 is 2.67 bits per heavy atom. The Labute approximate surface area is 122 Å². The van der Waals surface area contributed by atoms with Crippen molar-refractivity contribution in [3.05, 3.63) is 41.6 Å². The topological polar surface area (TPSA) is 84.6 Å². The minimum atomic E-state index is -0.844. The zero-order chi connectivity index (χ0) is 15.2. The Balaban J connectivity index is 2.13. The zero-order valence-electron chi connectivity index (χ0n) is 11.8. The second-order valence-electron chi connectivity index (χ2n) is 4.65. The smallest absolute Gasteiger partial charge is 0.303 e. The molecule has 1 aromatic carbocycles. The molecule has 0 unspecified atom stereocenters. The molecule has 6 nitrogen and oxygen atoms in total. The minimum Gasteiger partial charge on any atom is -0.508 e. The zero-order valence-corrected chi connectivity index (χ0v) is 11.8. The minimum absolute atomic E-state index is 0.0466. The average Bonchev–Trinajstić information content (AvgIpc) is 2.81. The Bertz CT molecular complexity index is 605. The van der Waals surface area contributed by atoms with Crippen LogP contribution in [0, 0.1) is 0 Å². The summed E-state index contributed by atoms with van der Waals surface area (Å²) in [7, 11) is 0. The van der Waals surface area contributed by atoms with Crippen LogP contribution in [0.1, 0.15) is 24.5 Å². The normalized spacial score (nSPS) is 10.5. The molecule has 2 aromatic rings. The van der Waals surface area contributed by atoms with Gasteiger partial charge >= 0.3 is 5.97 Å². The van der Waals surface area contributed by atoms with Gasteiger partial charge in [-0.3, -0.25) is 9.48 Å². The van der Waals surface area contributed by atoms with Crippen LogP contribution < -0.4 is 4.74 Å². The highest BCUT2D eigenvalue weighted by atomic mass is 16.5. The summed E-state index contributed by atoms with van der Waals surface area (Å²) in [5.74, 6) is -0.141. The van der Waals surface area contributed by atoms with E-state index in [4.69, 9.17) is 9.84 Å². The monoisotopic (exact) mass is 290 g/mol. The van der Waals surface area contributed by atoms with E-state index >= 15 is 0 Å². The first kappa shape index (κ1) is 14.9. The van der Waals surface area contributed by atoms with Gasteiger partial charge in [-0.15, -0.1) is 5.10 Å². The van der Waals surface area contributed by atoms with E-state index in [2.05, 4.69) is 5.10 Å². The van der Waals surface area contributed by atoms with Gasteiger partial charge in [0.25, 0.3) is 0 Å². The van der Waals surface area contributed by atoms with Crippen LogP contribution in [0.2, 0.25) is 0 Å². The van der Waals surface area contributed by atoms with Gasteiger partial charge in [0.1, 0.15) is 5.75 Å². The third-order valence-electron chi connectivity index (χ3n) is 2.97. The maximum absolute atomic E-state index is 10.7. The summed E-state index contributed by atoms with van der Waals surface area (Å²) in [6.07, 6.45) is 2.24. The Morgan fingerprint density at radius 2 is 2.05 bits per heavy atom. The Morgan fingerprint density at radius 1 is 1.33 bits per heavy atom. The third-order valence-corrected chi connectivity index (χ3v) is 2.97. The lowest BCUT2D eigenvalue weighted by Gasteiger charge is -2.02. The number of phenols is 1. The largest absolute Gasteiger partial charge is 0.508 e. The van der Waals surface area contributed by atoms with Crippen molar-refractivity contribution in [1.82, 2.24) is 9.78 Å². The van der Waals surface area contributed by atoms with Crippen LogP contribution in [0.15, 0.2) is 30.5 Å². The summed E-state index contributed by atoms with van der Waals surface area (Å²) in [5, 5.41) is 22.4. The lowest BCUT2D eigenvalue weighted by Crippen LogP contribution is -2.01. The second kappa shape index (κ2) is 6.78. The summed E-state index contributed by atoms with van der Waals surface area (Å²) in [4.78, 5) is 10.7. The fourth-order valence-electron chi connectivity index (χ4n) is 1.99. The van der Waals surface area contributed by atoms with E-state index in [1.165, 1.54) is 0 Å². The van der Waals surface area contributed by atoms with Crippen LogP contribution in [0.5, 0.6) is 11.6 Å². The van der Waals surface area contributed by atoms with Crippen molar-refractivity contribution in [2.24, 2.45) is 0 Å². The highest BCUT2D eigenvalue weighted by Crippen LogP contribution is 2.19. The van der Waals surface area contributed by atoms with Crippen molar-refractivity contribution in [1.29, 1.82) is 0 Å². The molecule has 0 fully saturated rings. The van der Waals surface area contributed by atoms with E-state index in [0.717, 1.165) is 11.1 Å². The van der Waals surface area contributed by atoms with E-state index in [1.807, 2.05) is 19.1 Å². The maximum atomic E-state index is 10.7. The standard InChI is InChI=1S/C15H18N2O4/c1-2-21-15-12(5-8-14(19)20)10-17(16-15)9-11-3-6-13(18)7-4-11/h3-4,6-7,10,18H,2,5,8-9H2,1H3,(H,19,20). The van der Waals surface area contributed by atoms with E-state index in [0.29, 0.717) is 25.5 Å². The fraction of sp³-hybridized carbons (Fsp3) is 0.333. The van der Waals surface area contributed by atoms with Gasteiger partial charge in [-0.1, -0.05) is 12.1 Å². The number of carbonyl (C=O) groups is 1. The van der Waals surface area contributed by atoms with E-state index in [9.17, 15) is 9.90 Å². The average molecular weight is 290 g/mol. The maximum Gasteiger partial charge on any atom is 0.303 e. The lowest BCUT2D eigenvalue weighted by atomic mass is 10.2. The molecule has 2 N–H and O–H groups in total. The first-order valence-corrected chi connectivity index (χ1v) is 6.77. The Hall–Kier alpha value is -2.50.